The Balaban J connectivity index is 1.77. The molecule has 0 unspecified atom stereocenters. The molecule has 0 bridgehead atoms. The molecule has 0 aliphatic rings. The average molecular weight is 356 g/mol. The molecule has 2 aromatic heterocycles. The number of pyridine rings is 1. The molecule has 25 heavy (non-hydrogen) atoms. The molecule has 4 nitrogen and oxygen atoms in total. The first-order valence-electron chi connectivity index (χ1n) is 8.36. The van der Waals surface area contributed by atoms with Gasteiger partial charge in [-0.1, -0.05) is 50.6 Å². The van der Waals surface area contributed by atoms with E-state index >= 15 is 0 Å². The number of hydrogen-bond acceptors (Lipinski definition) is 2. The molecule has 130 valence electrons. The first kappa shape index (κ1) is 17.5. The van der Waals surface area contributed by atoms with Crippen LogP contribution in [0.15, 0.2) is 48.7 Å². The van der Waals surface area contributed by atoms with Crippen molar-refractivity contribution in [2.45, 2.75) is 32.6 Å². The van der Waals surface area contributed by atoms with Crippen LogP contribution >= 0.6 is 11.6 Å². The SMILES string of the molecule is CC(C)(C)c1nc(C(=O)NCCc2ccc(Cl)cc2)n2ccccc12. The fourth-order valence-electron chi connectivity index (χ4n) is 2.80. The maximum Gasteiger partial charge on any atom is 0.287 e. The second-order valence-corrected chi connectivity index (χ2v) is 7.56. The molecule has 0 atom stereocenters. The van der Waals surface area contributed by atoms with Crippen LogP contribution in [0.25, 0.3) is 5.52 Å². The van der Waals surface area contributed by atoms with Gasteiger partial charge in [0.1, 0.15) is 0 Å². The summed E-state index contributed by atoms with van der Waals surface area (Å²) >= 11 is 5.89. The van der Waals surface area contributed by atoms with Crippen molar-refractivity contribution in [1.82, 2.24) is 14.7 Å². The number of fused-ring (bicyclic) bond motifs is 1. The zero-order chi connectivity index (χ0) is 18.0. The third-order valence-electron chi connectivity index (χ3n) is 4.07. The summed E-state index contributed by atoms with van der Waals surface area (Å²) in [6.45, 7) is 6.85. The van der Waals surface area contributed by atoms with Gasteiger partial charge in [-0.2, -0.15) is 0 Å². The lowest BCUT2D eigenvalue weighted by Gasteiger charge is -2.15. The second-order valence-electron chi connectivity index (χ2n) is 7.12. The van der Waals surface area contributed by atoms with Crippen LogP contribution in [0, 0.1) is 0 Å². The van der Waals surface area contributed by atoms with E-state index in [4.69, 9.17) is 11.6 Å². The largest absolute Gasteiger partial charge is 0.349 e. The van der Waals surface area contributed by atoms with Crippen molar-refractivity contribution in [3.63, 3.8) is 0 Å². The Hall–Kier alpha value is -2.33. The van der Waals surface area contributed by atoms with Crippen molar-refractivity contribution >= 4 is 23.0 Å². The van der Waals surface area contributed by atoms with Crippen molar-refractivity contribution in [3.8, 4) is 0 Å². The molecule has 1 N–H and O–H groups in total. The summed E-state index contributed by atoms with van der Waals surface area (Å²) in [4.78, 5) is 17.3. The smallest absolute Gasteiger partial charge is 0.287 e. The van der Waals surface area contributed by atoms with E-state index in [2.05, 4.69) is 31.1 Å². The monoisotopic (exact) mass is 355 g/mol. The van der Waals surface area contributed by atoms with Crippen LogP contribution in [-0.4, -0.2) is 21.8 Å². The van der Waals surface area contributed by atoms with Crippen LogP contribution in [0.4, 0.5) is 0 Å². The molecule has 2 heterocycles. The molecule has 0 aliphatic heterocycles. The van der Waals surface area contributed by atoms with E-state index in [0.29, 0.717) is 17.4 Å². The van der Waals surface area contributed by atoms with Crippen molar-refractivity contribution in [2.24, 2.45) is 0 Å². The Morgan fingerprint density at radius 1 is 1.16 bits per heavy atom. The van der Waals surface area contributed by atoms with Gasteiger partial charge in [-0.25, -0.2) is 4.98 Å². The lowest BCUT2D eigenvalue weighted by atomic mass is 9.91. The Kier molecular flexibility index (Phi) is 4.82. The van der Waals surface area contributed by atoms with Gasteiger partial charge in [0.25, 0.3) is 5.91 Å². The molecule has 1 amide bonds. The molecule has 0 saturated heterocycles. The Bertz CT molecular complexity index is 891. The minimum Gasteiger partial charge on any atom is -0.349 e. The highest BCUT2D eigenvalue weighted by Crippen LogP contribution is 2.26. The number of aromatic nitrogens is 2. The highest BCUT2D eigenvalue weighted by atomic mass is 35.5. The fraction of sp³-hybridized carbons (Fsp3) is 0.300. The van der Waals surface area contributed by atoms with Crippen molar-refractivity contribution in [3.05, 3.63) is 70.8 Å². The van der Waals surface area contributed by atoms with Gasteiger partial charge in [-0.05, 0) is 36.2 Å². The molecule has 0 saturated carbocycles. The molecule has 0 aliphatic carbocycles. The van der Waals surface area contributed by atoms with Gasteiger partial charge in [-0.15, -0.1) is 0 Å². The molecular weight excluding hydrogens is 334 g/mol. The molecule has 0 fully saturated rings. The Labute approximate surface area is 152 Å². The summed E-state index contributed by atoms with van der Waals surface area (Å²) < 4.78 is 1.86. The molecule has 5 heteroatoms. The van der Waals surface area contributed by atoms with Gasteiger partial charge in [0, 0.05) is 23.2 Å². The maximum atomic E-state index is 12.6. The van der Waals surface area contributed by atoms with Gasteiger partial charge in [-0.3, -0.25) is 9.20 Å². The predicted molar refractivity (Wildman–Crippen MR) is 101 cm³/mol. The van der Waals surface area contributed by atoms with Gasteiger partial charge in [0.05, 0.1) is 11.2 Å². The third-order valence-corrected chi connectivity index (χ3v) is 4.33. The minimum atomic E-state index is -0.161. The highest BCUT2D eigenvalue weighted by molar-refractivity contribution is 6.30. The Morgan fingerprint density at radius 3 is 2.56 bits per heavy atom. The highest BCUT2D eigenvalue weighted by Gasteiger charge is 2.24. The van der Waals surface area contributed by atoms with Crippen molar-refractivity contribution in [2.75, 3.05) is 6.54 Å². The number of rotatable bonds is 4. The number of nitrogens with zero attached hydrogens (tertiary/aromatic N) is 2. The number of imidazole rings is 1. The number of carbonyl (C=O) groups is 1. The van der Waals surface area contributed by atoms with E-state index in [0.717, 1.165) is 23.2 Å². The number of nitrogens with one attached hydrogen (secondary N) is 1. The molecule has 3 rings (SSSR count). The third kappa shape index (κ3) is 3.85. The summed E-state index contributed by atoms with van der Waals surface area (Å²) in [5.41, 5.74) is 2.90. The quantitative estimate of drug-likeness (QED) is 0.760. The molecule has 0 radical (unpaired) electrons. The van der Waals surface area contributed by atoms with Crippen LogP contribution in [-0.2, 0) is 11.8 Å². The number of halogens is 1. The molecular formula is C20H22ClN3O. The van der Waals surface area contributed by atoms with E-state index < -0.39 is 0 Å². The summed E-state index contributed by atoms with van der Waals surface area (Å²) in [6, 6.07) is 13.5. The van der Waals surface area contributed by atoms with Crippen LogP contribution in [0.2, 0.25) is 5.02 Å². The summed E-state index contributed by atoms with van der Waals surface area (Å²) in [7, 11) is 0. The van der Waals surface area contributed by atoms with E-state index in [1.165, 1.54) is 0 Å². The first-order chi connectivity index (χ1) is 11.9. The van der Waals surface area contributed by atoms with Crippen LogP contribution in [0.3, 0.4) is 0 Å². The first-order valence-corrected chi connectivity index (χ1v) is 8.74. The lowest BCUT2D eigenvalue weighted by Crippen LogP contribution is -2.27. The number of amides is 1. The fourth-order valence-corrected chi connectivity index (χ4v) is 2.93. The van der Waals surface area contributed by atoms with Crippen LogP contribution in [0.5, 0.6) is 0 Å². The summed E-state index contributed by atoms with van der Waals surface area (Å²) in [5.74, 6) is 0.266. The van der Waals surface area contributed by atoms with Crippen molar-refractivity contribution in [1.29, 1.82) is 0 Å². The average Bonchev–Trinajstić information content (AvgIpc) is 2.96. The number of benzene rings is 1. The van der Waals surface area contributed by atoms with Gasteiger partial charge < -0.3 is 5.32 Å². The zero-order valence-corrected chi connectivity index (χ0v) is 15.5. The molecule has 0 spiro atoms. The predicted octanol–water partition coefficient (Wildman–Crippen LogP) is 4.26. The maximum absolute atomic E-state index is 12.6. The van der Waals surface area contributed by atoms with Crippen molar-refractivity contribution < 1.29 is 4.79 Å². The summed E-state index contributed by atoms with van der Waals surface area (Å²) in [5, 5.41) is 3.68. The summed E-state index contributed by atoms with van der Waals surface area (Å²) in [6.07, 6.45) is 2.63. The lowest BCUT2D eigenvalue weighted by molar-refractivity contribution is 0.0943. The zero-order valence-electron chi connectivity index (χ0n) is 14.7. The van der Waals surface area contributed by atoms with E-state index in [9.17, 15) is 4.79 Å². The minimum absolute atomic E-state index is 0.131. The van der Waals surface area contributed by atoms with E-state index in [1.807, 2.05) is 53.1 Å². The topological polar surface area (TPSA) is 46.4 Å². The Morgan fingerprint density at radius 2 is 1.88 bits per heavy atom. The molecule has 1 aromatic carbocycles. The van der Waals surface area contributed by atoms with E-state index in [1.54, 1.807) is 0 Å². The van der Waals surface area contributed by atoms with E-state index in [-0.39, 0.29) is 11.3 Å². The van der Waals surface area contributed by atoms with Gasteiger partial charge >= 0.3 is 0 Å². The van der Waals surface area contributed by atoms with Gasteiger partial charge in [0.2, 0.25) is 5.82 Å². The van der Waals surface area contributed by atoms with Gasteiger partial charge in [0.15, 0.2) is 0 Å². The number of carbonyl (C=O) groups excluding carboxylic acids is 1. The standard InChI is InChI=1S/C20H22ClN3O/c1-20(2,3)17-16-6-4-5-13-24(16)18(23-17)19(25)22-12-11-14-7-9-15(21)10-8-14/h4-10,13H,11-12H2,1-3H3,(H,22,25). The second kappa shape index (κ2) is 6.89. The van der Waals surface area contributed by atoms with Crippen LogP contribution in [0.1, 0.15) is 42.6 Å². The molecule has 3 aromatic rings. The normalized spacial score (nSPS) is 11.7. The van der Waals surface area contributed by atoms with Crippen LogP contribution < -0.4 is 5.32 Å². The number of hydrogen-bond donors (Lipinski definition) is 1.